The molecule has 1 rings (SSSR count). The second-order valence-electron chi connectivity index (χ2n) is 3.86. The van der Waals surface area contributed by atoms with Gasteiger partial charge in [0, 0.05) is 29.7 Å². The Bertz CT molecular complexity index is 529. The number of hydrogen-bond acceptors (Lipinski definition) is 8. The number of carbonyl (C=O) groups is 3. The van der Waals surface area contributed by atoms with E-state index in [0.717, 1.165) is 0 Å². The molecule has 0 aromatic rings. The van der Waals surface area contributed by atoms with Crippen LogP contribution >= 0.6 is 0 Å². The van der Waals surface area contributed by atoms with Crippen molar-refractivity contribution in [3.05, 3.63) is 10.4 Å². The summed E-state index contributed by atoms with van der Waals surface area (Å²) >= 11 is 0. The number of carbonyl (C=O) groups excluding carboxylic acids is 3. The quantitative estimate of drug-likeness (QED) is 0.236. The Morgan fingerprint density at radius 3 is 2.29 bits per heavy atom. The number of ether oxygens (including phenoxy) is 4. The third kappa shape index (κ3) is 4.93. The van der Waals surface area contributed by atoms with Gasteiger partial charge in [0.1, 0.15) is 6.10 Å². The minimum Gasteiger partial charge on any atom is -0.456 e. The van der Waals surface area contributed by atoms with Gasteiger partial charge in [-0.05, 0) is 5.53 Å². The van der Waals surface area contributed by atoms with Crippen LogP contribution in [-0.2, 0) is 33.3 Å². The molecule has 0 saturated carbocycles. The zero-order chi connectivity index (χ0) is 18.1. The van der Waals surface area contributed by atoms with E-state index in [4.69, 9.17) is 28.6 Å². The Hall–Kier alpha value is -2.32. The minimum atomic E-state index is -1.50. The molecule has 0 aromatic carbocycles. The van der Waals surface area contributed by atoms with E-state index < -0.39 is 63.2 Å². The van der Waals surface area contributed by atoms with E-state index >= 15 is 0 Å². The molecule has 0 spiro atoms. The number of azide groups is 1. The first-order chi connectivity index (χ1) is 11.5. The van der Waals surface area contributed by atoms with Crippen LogP contribution in [0.1, 0.15) is 24.8 Å². The van der Waals surface area contributed by atoms with Crippen molar-refractivity contribution < 1.29 is 37.4 Å². The van der Waals surface area contributed by atoms with Gasteiger partial charge >= 0.3 is 17.9 Å². The van der Waals surface area contributed by atoms with Crippen molar-refractivity contribution in [1.82, 2.24) is 0 Å². The monoisotopic (exact) mass is 304 g/mol. The Kier molecular flexibility index (Phi) is 4.41. The van der Waals surface area contributed by atoms with Crippen molar-refractivity contribution in [3.63, 3.8) is 0 Å². The van der Waals surface area contributed by atoms with Crippen LogP contribution in [0.2, 0.25) is 0 Å². The Morgan fingerprint density at radius 1 is 1.14 bits per heavy atom. The van der Waals surface area contributed by atoms with Crippen LogP contribution in [0.5, 0.6) is 0 Å². The lowest BCUT2D eigenvalue weighted by Gasteiger charge is -2.22. The summed E-state index contributed by atoms with van der Waals surface area (Å²) in [6.45, 7) is -2.51. The molecule has 0 aromatic heterocycles. The Morgan fingerprint density at radius 2 is 1.71 bits per heavy atom. The third-order valence-corrected chi connectivity index (χ3v) is 2.37. The van der Waals surface area contributed by atoms with Crippen molar-refractivity contribution in [3.8, 4) is 0 Å². The lowest BCUT2D eigenvalue weighted by atomic mass is 10.1. The summed E-state index contributed by atoms with van der Waals surface area (Å²) in [5.74, 6) is -2.94. The van der Waals surface area contributed by atoms with E-state index in [0.29, 0.717) is 0 Å². The van der Waals surface area contributed by atoms with Crippen LogP contribution < -0.4 is 0 Å². The molecule has 0 radical (unpaired) electrons. The molecule has 1 fully saturated rings. The van der Waals surface area contributed by atoms with Crippen molar-refractivity contribution in [1.29, 1.82) is 0 Å². The highest BCUT2D eigenvalue weighted by molar-refractivity contribution is 5.68. The van der Waals surface area contributed by atoms with Crippen LogP contribution in [0.15, 0.2) is 5.11 Å². The molecule has 21 heavy (non-hydrogen) atoms. The van der Waals surface area contributed by atoms with E-state index in [1.165, 1.54) is 0 Å². The number of esters is 3. The molecule has 0 N–H and O–H groups in total. The van der Waals surface area contributed by atoms with Gasteiger partial charge in [0.05, 0.1) is 6.54 Å². The van der Waals surface area contributed by atoms with Gasteiger partial charge in [-0.25, -0.2) is 0 Å². The molecule has 1 heterocycles. The molecule has 10 nitrogen and oxygen atoms in total. The maximum Gasteiger partial charge on any atom is 0.305 e. The fraction of sp³-hybridized carbons (Fsp3) is 0.727. The molecule has 0 bridgehead atoms. The molecule has 10 heteroatoms. The van der Waals surface area contributed by atoms with Gasteiger partial charge in [-0.1, -0.05) is 5.11 Å². The minimum absolute atomic E-state index is 0.323. The predicted molar refractivity (Wildman–Crippen MR) is 65.5 cm³/mol. The standard InChI is InChI=1S/C11H15N3O7/c1-5(15)18-9-8(4-13-14-12)21-11(20-7(3)17)10(9)19-6(2)16/h8-11H,4H2,1-3H3/t8-,9-,10+,11?/m1/s1/i1D,2D,3D. The highest BCUT2D eigenvalue weighted by Gasteiger charge is 2.50. The summed E-state index contributed by atoms with van der Waals surface area (Å²) in [5, 5.41) is 3.27. The van der Waals surface area contributed by atoms with Crippen LogP contribution in [-0.4, -0.2) is 49.1 Å². The number of rotatable bonds is 5. The zero-order valence-electron chi connectivity index (χ0n) is 13.8. The summed E-state index contributed by atoms with van der Waals surface area (Å²) in [4.78, 5) is 36.6. The molecule has 4 atom stereocenters. The molecule has 1 unspecified atom stereocenters. The molecule has 0 amide bonds. The predicted octanol–water partition coefficient (Wildman–Crippen LogP) is 0.448. The molecule has 0 aliphatic carbocycles. The fourth-order valence-corrected chi connectivity index (χ4v) is 1.75. The highest BCUT2D eigenvalue weighted by atomic mass is 16.7. The van der Waals surface area contributed by atoms with Gasteiger partial charge in [0.2, 0.25) is 12.4 Å². The van der Waals surface area contributed by atoms with Gasteiger partial charge in [-0.15, -0.1) is 0 Å². The topological polar surface area (TPSA) is 137 Å². The van der Waals surface area contributed by atoms with Gasteiger partial charge < -0.3 is 18.9 Å². The highest BCUT2D eigenvalue weighted by Crippen LogP contribution is 2.28. The van der Waals surface area contributed by atoms with E-state index in [1.807, 2.05) is 0 Å². The van der Waals surface area contributed by atoms with E-state index in [9.17, 15) is 14.4 Å². The van der Waals surface area contributed by atoms with Gasteiger partial charge in [-0.2, -0.15) is 0 Å². The fourth-order valence-electron chi connectivity index (χ4n) is 1.75. The largest absolute Gasteiger partial charge is 0.456 e. The summed E-state index contributed by atoms with van der Waals surface area (Å²) in [5.41, 5.74) is 8.38. The molecule has 1 aliphatic rings. The second kappa shape index (κ2) is 7.46. The summed E-state index contributed by atoms with van der Waals surface area (Å²) in [7, 11) is 0. The molecular formula is C11H15N3O7. The normalized spacial score (nSPS) is 29.2. The first-order valence-corrected chi connectivity index (χ1v) is 5.59. The summed E-state index contributed by atoms with van der Waals surface area (Å²) < 4.78 is 40.8. The molecular weight excluding hydrogens is 286 g/mol. The maximum absolute atomic E-state index is 11.4. The maximum atomic E-state index is 11.4. The smallest absolute Gasteiger partial charge is 0.305 e. The van der Waals surface area contributed by atoms with E-state index in [-0.39, 0.29) is 6.54 Å². The molecule has 1 saturated heterocycles. The number of nitrogens with zero attached hydrogens (tertiary/aromatic N) is 3. The first kappa shape index (κ1) is 12.4. The SMILES string of the molecule is [2H]CC(=O)OC1O[C@H](CN=[N+]=[N-])[C@@H](OC(=O)C[2H])[C@@H]1OC(=O)C[2H]. The molecule has 1 aliphatic heterocycles. The summed E-state index contributed by atoms with van der Waals surface area (Å²) in [6, 6.07) is 0. The van der Waals surface area contributed by atoms with E-state index in [2.05, 4.69) is 10.0 Å². The summed E-state index contributed by atoms with van der Waals surface area (Å²) in [6.07, 6.45) is -5.30. The van der Waals surface area contributed by atoms with Crippen LogP contribution in [0.3, 0.4) is 0 Å². The average molecular weight is 304 g/mol. The zero-order valence-corrected chi connectivity index (χ0v) is 10.8. The lowest BCUT2D eigenvalue weighted by Crippen LogP contribution is -2.41. The van der Waals surface area contributed by atoms with Crippen molar-refractivity contribution >= 4 is 17.9 Å². The third-order valence-electron chi connectivity index (χ3n) is 2.37. The van der Waals surface area contributed by atoms with Gasteiger partial charge in [0.15, 0.2) is 6.10 Å². The lowest BCUT2D eigenvalue weighted by molar-refractivity contribution is -0.195. The average Bonchev–Trinajstić information content (AvgIpc) is 2.89. The van der Waals surface area contributed by atoms with Crippen LogP contribution in [0, 0.1) is 0 Å². The van der Waals surface area contributed by atoms with E-state index in [1.54, 1.807) is 0 Å². The van der Waals surface area contributed by atoms with Gasteiger partial charge in [0.25, 0.3) is 0 Å². The molecule has 116 valence electrons. The second-order valence-corrected chi connectivity index (χ2v) is 3.86. The van der Waals surface area contributed by atoms with Crippen LogP contribution in [0.4, 0.5) is 0 Å². The first-order valence-electron chi connectivity index (χ1n) is 7.71. The van der Waals surface area contributed by atoms with Crippen molar-refractivity contribution in [2.45, 2.75) is 45.3 Å². The van der Waals surface area contributed by atoms with Crippen molar-refractivity contribution in [2.75, 3.05) is 6.54 Å². The Labute approximate surface area is 124 Å². The van der Waals surface area contributed by atoms with Crippen LogP contribution in [0.25, 0.3) is 10.4 Å². The van der Waals surface area contributed by atoms with Gasteiger partial charge in [-0.3, -0.25) is 14.4 Å². The Balaban J connectivity index is 3.03. The van der Waals surface area contributed by atoms with Crippen molar-refractivity contribution in [2.24, 2.45) is 5.11 Å². The number of hydrogen-bond donors (Lipinski definition) is 0.